The largest absolute Gasteiger partial charge is 0.351 e. The molecule has 0 spiro atoms. The summed E-state index contributed by atoms with van der Waals surface area (Å²) in [5, 5.41) is 10.8. The second kappa shape index (κ2) is 8.42. The summed E-state index contributed by atoms with van der Waals surface area (Å²) in [7, 11) is 0. The van der Waals surface area contributed by atoms with E-state index in [0.717, 1.165) is 6.20 Å². The second-order valence-electron chi connectivity index (χ2n) is 4.04. The van der Waals surface area contributed by atoms with E-state index in [2.05, 4.69) is 0 Å². The Morgan fingerprint density at radius 1 is 1.30 bits per heavy atom. The molecule has 2 N–H and O–H groups in total. The first-order chi connectivity index (χ1) is 9.60. The number of rotatable bonds is 8. The molecule has 0 aliphatic heterocycles. The lowest BCUT2D eigenvalue weighted by Gasteiger charge is -2.24. The third-order valence-corrected chi connectivity index (χ3v) is 2.67. The van der Waals surface area contributed by atoms with Gasteiger partial charge in [0.1, 0.15) is 0 Å². The highest BCUT2D eigenvalue weighted by Crippen LogP contribution is 2.21. The summed E-state index contributed by atoms with van der Waals surface area (Å²) >= 11 is 0. The van der Waals surface area contributed by atoms with Crippen molar-refractivity contribution in [3.63, 3.8) is 0 Å². The van der Waals surface area contributed by atoms with Crippen LogP contribution >= 0.6 is 0 Å². The summed E-state index contributed by atoms with van der Waals surface area (Å²) in [6.07, 6.45) is 0.196. The van der Waals surface area contributed by atoms with Gasteiger partial charge in [0.15, 0.2) is 6.29 Å². The molecule has 0 amide bonds. The first kappa shape index (κ1) is 16.3. The van der Waals surface area contributed by atoms with Gasteiger partial charge in [-0.15, -0.1) is 0 Å². The summed E-state index contributed by atoms with van der Waals surface area (Å²) in [5.74, 6) is 0. The molecule has 0 fully saturated rings. The Bertz CT molecular complexity index is 442. The molecule has 6 heteroatoms. The normalized spacial score (nSPS) is 13.5. The van der Waals surface area contributed by atoms with Crippen molar-refractivity contribution >= 4 is 5.57 Å². The Morgan fingerprint density at radius 3 is 2.30 bits per heavy atom. The average Bonchev–Trinajstić information content (AvgIpc) is 2.44. The van der Waals surface area contributed by atoms with E-state index in [9.17, 15) is 10.1 Å². The SMILES string of the molecule is CCOC(OCC)C(N)C(=C[N+](=O)[O-])c1ccccc1. The lowest BCUT2D eigenvalue weighted by Crippen LogP contribution is -2.40. The number of ether oxygens (including phenoxy) is 2. The van der Waals surface area contributed by atoms with Crippen LogP contribution in [-0.4, -0.2) is 30.5 Å². The van der Waals surface area contributed by atoms with Crippen LogP contribution in [0.3, 0.4) is 0 Å². The van der Waals surface area contributed by atoms with Gasteiger partial charge < -0.3 is 15.2 Å². The Labute approximate surface area is 118 Å². The van der Waals surface area contributed by atoms with Crippen LogP contribution in [0.25, 0.3) is 5.57 Å². The standard InChI is InChI=1S/C14H20N2O4/c1-3-19-14(20-4-2)13(15)12(10-16(17)18)11-8-6-5-7-9-11/h5-10,13-14H,3-4,15H2,1-2H3. The molecule has 1 aromatic rings. The van der Waals surface area contributed by atoms with Crippen LogP contribution in [0.2, 0.25) is 0 Å². The van der Waals surface area contributed by atoms with Crippen molar-refractivity contribution in [3.8, 4) is 0 Å². The van der Waals surface area contributed by atoms with E-state index in [1.54, 1.807) is 24.3 Å². The summed E-state index contributed by atoms with van der Waals surface area (Å²) in [4.78, 5) is 10.3. The Hall–Kier alpha value is -1.76. The van der Waals surface area contributed by atoms with Crippen molar-refractivity contribution in [2.75, 3.05) is 13.2 Å². The first-order valence-corrected chi connectivity index (χ1v) is 6.49. The van der Waals surface area contributed by atoms with Gasteiger partial charge in [-0.2, -0.15) is 0 Å². The maximum atomic E-state index is 10.8. The van der Waals surface area contributed by atoms with E-state index in [4.69, 9.17) is 15.2 Å². The molecule has 0 aliphatic rings. The zero-order valence-corrected chi connectivity index (χ0v) is 11.7. The van der Waals surface area contributed by atoms with Gasteiger partial charge in [0.05, 0.1) is 16.5 Å². The molecule has 0 aliphatic carbocycles. The van der Waals surface area contributed by atoms with Gasteiger partial charge in [-0.25, -0.2) is 0 Å². The number of nitrogens with zero attached hydrogens (tertiary/aromatic N) is 1. The highest BCUT2D eigenvalue weighted by Gasteiger charge is 2.25. The topological polar surface area (TPSA) is 87.6 Å². The van der Waals surface area contributed by atoms with Gasteiger partial charge >= 0.3 is 0 Å². The molecule has 0 heterocycles. The van der Waals surface area contributed by atoms with Crippen molar-refractivity contribution in [2.24, 2.45) is 5.73 Å². The predicted octanol–water partition coefficient (Wildman–Crippen LogP) is 2.03. The quantitative estimate of drug-likeness (QED) is 0.447. The molecule has 1 aromatic carbocycles. The molecule has 0 aromatic heterocycles. The van der Waals surface area contributed by atoms with Gasteiger partial charge in [-0.1, -0.05) is 30.3 Å². The maximum Gasteiger partial charge on any atom is 0.239 e. The monoisotopic (exact) mass is 280 g/mol. The molecule has 0 bridgehead atoms. The van der Waals surface area contributed by atoms with Crippen LogP contribution in [0.15, 0.2) is 36.5 Å². The summed E-state index contributed by atoms with van der Waals surface area (Å²) in [6, 6.07) is 8.23. The summed E-state index contributed by atoms with van der Waals surface area (Å²) in [6.45, 7) is 4.47. The fourth-order valence-electron chi connectivity index (χ4n) is 1.83. The van der Waals surface area contributed by atoms with Crippen LogP contribution < -0.4 is 5.73 Å². The smallest absolute Gasteiger partial charge is 0.239 e. The van der Waals surface area contributed by atoms with E-state index < -0.39 is 17.3 Å². The zero-order valence-electron chi connectivity index (χ0n) is 11.7. The highest BCUT2D eigenvalue weighted by molar-refractivity contribution is 5.68. The van der Waals surface area contributed by atoms with E-state index in [0.29, 0.717) is 24.4 Å². The minimum atomic E-state index is -0.734. The third-order valence-electron chi connectivity index (χ3n) is 2.67. The van der Waals surface area contributed by atoms with Crippen LogP contribution in [-0.2, 0) is 9.47 Å². The van der Waals surface area contributed by atoms with Gasteiger partial charge in [0.2, 0.25) is 6.20 Å². The van der Waals surface area contributed by atoms with Crippen LogP contribution in [0.4, 0.5) is 0 Å². The van der Waals surface area contributed by atoms with Gasteiger partial charge in [0.25, 0.3) is 0 Å². The minimum absolute atomic E-state index is 0.377. The second-order valence-corrected chi connectivity index (χ2v) is 4.04. The zero-order chi connectivity index (χ0) is 15.0. The number of benzene rings is 1. The number of hydrogen-bond donors (Lipinski definition) is 1. The number of nitrogens with two attached hydrogens (primary N) is 1. The van der Waals surface area contributed by atoms with Gasteiger partial charge in [-0.3, -0.25) is 10.1 Å². The Morgan fingerprint density at radius 2 is 1.85 bits per heavy atom. The first-order valence-electron chi connectivity index (χ1n) is 6.49. The highest BCUT2D eigenvalue weighted by atomic mass is 16.7. The Kier molecular flexibility index (Phi) is 6.86. The lowest BCUT2D eigenvalue weighted by atomic mass is 9.99. The van der Waals surface area contributed by atoms with Crippen LogP contribution in [0.1, 0.15) is 19.4 Å². The van der Waals surface area contributed by atoms with Crippen molar-refractivity contribution in [2.45, 2.75) is 26.2 Å². The van der Waals surface area contributed by atoms with E-state index in [1.165, 1.54) is 0 Å². The minimum Gasteiger partial charge on any atom is -0.351 e. The van der Waals surface area contributed by atoms with Crippen molar-refractivity contribution in [1.82, 2.24) is 0 Å². The average molecular weight is 280 g/mol. The molecule has 20 heavy (non-hydrogen) atoms. The fraction of sp³-hybridized carbons (Fsp3) is 0.429. The molecular weight excluding hydrogens is 260 g/mol. The van der Waals surface area contributed by atoms with Gasteiger partial charge in [0, 0.05) is 13.2 Å². The molecule has 6 nitrogen and oxygen atoms in total. The van der Waals surface area contributed by atoms with Crippen LogP contribution in [0.5, 0.6) is 0 Å². The molecule has 0 saturated heterocycles. The van der Waals surface area contributed by atoms with Crippen molar-refractivity contribution < 1.29 is 14.4 Å². The lowest BCUT2D eigenvalue weighted by molar-refractivity contribution is -0.401. The van der Waals surface area contributed by atoms with Crippen molar-refractivity contribution in [1.29, 1.82) is 0 Å². The summed E-state index contributed by atoms with van der Waals surface area (Å²) < 4.78 is 10.8. The van der Waals surface area contributed by atoms with E-state index >= 15 is 0 Å². The number of nitro groups is 1. The maximum absolute atomic E-state index is 10.8. The molecule has 110 valence electrons. The molecular formula is C14H20N2O4. The van der Waals surface area contributed by atoms with Crippen LogP contribution in [0, 0.1) is 10.1 Å². The fourth-order valence-corrected chi connectivity index (χ4v) is 1.83. The molecule has 1 unspecified atom stereocenters. The molecule has 1 rings (SSSR count). The van der Waals surface area contributed by atoms with Gasteiger partial charge in [-0.05, 0) is 19.4 Å². The van der Waals surface area contributed by atoms with E-state index in [1.807, 2.05) is 19.9 Å². The Balaban J connectivity index is 3.07. The van der Waals surface area contributed by atoms with E-state index in [-0.39, 0.29) is 0 Å². The predicted molar refractivity (Wildman–Crippen MR) is 76.4 cm³/mol. The molecule has 0 radical (unpaired) electrons. The van der Waals surface area contributed by atoms with Crippen molar-refractivity contribution in [3.05, 3.63) is 52.2 Å². The third kappa shape index (κ3) is 4.73. The summed E-state index contributed by atoms with van der Waals surface area (Å²) in [5.41, 5.74) is 7.15. The molecule has 0 saturated carbocycles. The number of hydrogen-bond acceptors (Lipinski definition) is 5. The molecule has 1 atom stereocenters.